The summed E-state index contributed by atoms with van der Waals surface area (Å²) in [5.74, 6) is -0.542. The van der Waals surface area contributed by atoms with Gasteiger partial charge in [-0.3, -0.25) is 0 Å². The highest BCUT2D eigenvalue weighted by Crippen LogP contribution is 2.09. The minimum atomic E-state index is -3.51. The summed E-state index contributed by atoms with van der Waals surface area (Å²) < 4.78 is 24.6. The molecular weight excluding hydrogens is 214 g/mol. The van der Waals surface area contributed by atoms with E-state index in [2.05, 4.69) is 4.72 Å². The monoisotopic (exact) mass is 225 g/mol. The van der Waals surface area contributed by atoms with Gasteiger partial charge in [-0.2, -0.15) is 5.26 Å². The Morgan fingerprint density at radius 1 is 1.40 bits per heavy atom. The number of nitrogens with one attached hydrogen (secondary N) is 1. The zero-order chi connectivity index (χ0) is 11.3. The Morgan fingerprint density at radius 2 is 2.07 bits per heavy atom. The van der Waals surface area contributed by atoms with Crippen LogP contribution in [0.4, 0.5) is 5.69 Å². The van der Waals surface area contributed by atoms with Crippen molar-refractivity contribution in [1.82, 2.24) is 4.72 Å². The number of nitrogens with two attached hydrogens (primary N) is 1. The van der Waals surface area contributed by atoms with Gasteiger partial charge in [0.15, 0.2) is 5.75 Å². The van der Waals surface area contributed by atoms with E-state index in [1.165, 1.54) is 0 Å². The standard InChI is InChI=1S/C9H11N3O2S/c10-5-6-15(13,14)12-7-8-3-1-2-4-9(8)11/h1-4,12H,6-7,11H2. The molecular formula is C9H11N3O2S. The van der Waals surface area contributed by atoms with Crippen LogP contribution in [0.2, 0.25) is 0 Å². The first-order valence-electron chi connectivity index (χ1n) is 4.23. The molecule has 0 bridgehead atoms. The molecule has 6 heteroatoms. The fourth-order valence-corrected chi connectivity index (χ4v) is 1.67. The van der Waals surface area contributed by atoms with Crippen molar-refractivity contribution < 1.29 is 8.42 Å². The maximum atomic E-state index is 11.1. The molecule has 0 spiro atoms. The molecule has 0 aliphatic carbocycles. The number of nitrogens with zero attached hydrogens (tertiary/aromatic N) is 1. The highest BCUT2D eigenvalue weighted by atomic mass is 32.2. The Bertz CT molecular complexity index is 476. The first kappa shape index (κ1) is 11.5. The minimum absolute atomic E-state index is 0.108. The van der Waals surface area contributed by atoms with Crippen LogP contribution in [0.25, 0.3) is 0 Å². The van der Waals surface area contributed by atoms with E-state index >= 15 is 0 Å². The molecule has 0 fully saturated rings. The van der Waals surface area contributed by atoms with Crippen molar-refractivity contribution in [1.29, 1.82) is 5.26 Å². The predicted molar refractivity (Wildman–Crippen MR) is 57.1 cm³/mol. The van der Waals surface area contributed by atoms with Gasteiger partial charge in [-0.05, 0) is 11.6 Å². The second-order valence-electron chi connectivity index (χ2n) is 2.94. The molecule has 0 radical (unpaired) electrons. The summed E-state index contributed by atoms with van der Waals surface area (Å²) in [5.41, 5.74) is 6.84. The topological polar surface area (TPSA) is 96.0 Å². The number of hydrogen-bond donors (Lipinski definition) is 2. The second kappa shape index (κ2) is 4.77. The van der Waals surface area contributed by atoms with Crippen molar-refractivity contribution in [2.45, 2.75) is 6.54 Å². The average molecular weight is 225 g/mol. The summed E-state index contributed by atoms with van der Waals surface area (Å²) in [4.78, 5) is 0. The lowest BCUT2D eigenvalue weighted by atomic mass is 10.2. The molecule has 1 aromatic carbocycles. The number of para-hydroxylation sites is 1. The van der Waals surface area contributed by atoms with Crippen LogP contribution in [-0.2, 0) is 16.6 Å². The third-order valence-electron chi connectivity index (χ3n) is 1.79. The lowest BCUT2D eigenvalue weighted by Crippen LogP contribution is -2.25. The smallest absolute Gasteiger partial charge is 0.225 e. The second-order valence-corrected chi connectivity index (χ2v) is 4.74. The Morgan fingerprint density at radius 3 is 2.67 bits per heavy atom. The van der Waals surface area contributed by atoms with Gasteiger partial charge in [0.05, 0.1) is 6.07 Å². The molecule has 0 aliphatic heterocycles. The van der Waals surface area contributed by atoms with Gasteiger partial charge >= 0.3 is 0 Å². The number of benzene rings is 1. The summed E-state index contributed by atoms with van der Waals surface area (Å²) >= 11 is 0. The van der Waals surface area contributed by atoms with Crippen molar-refractivity contribution in [3.05, 3.63) is 29.8 Å². The zero-order valence-electron chi connectivity index (χ0n) is 7.97. The molecule has 0 saturated heterocycles. The van der Waals surface area contributed by atoms with Crippen LogP contribution in [0.5, 0.6) is 0 Å². The third kappa shape index (κ3) is 3.58. The molecule has 5 nitrogen and oxygen atoms in total. The molecule has 0 saturated carbocycles. The van der Waals surface area contributed by atoms with E-state index in [0.29, 0.717) is 11.3 Å². The zero-order valence-corrected chi connectivity index (χ0v) is 8.79. The summed E-state index contributed by atoms with van der Waals surface area (Å²) in [5, 5.41) is 8.26. The maximum Gasteiger partial charge on any atom is 0.225 e. The molecule has 3 N–H and O–H groups in total. The van der Waals surface area contributed by atoms with Gasteiger partial charge < -0.3 is 5.73 Å². The van der Waals surface area contributed by atoms with Gasteiger partial charge in [-0.25, -0.2) is 13.1 Å². The summed E-state index contributed by atoms with van der Waals surface area (Å²) in [6, 6.07) is 8.53. The molecule has 1 rings (SSSR count). The van der Waals surface area contributed by atoms with Crippen LogP contribution in [0.15, 0.2) is 24.3 Å². The van der Waals surface area contributed by atoms with E-state index in [9.17, 15) is 8.42 Å². The van der Waals surface area contributed by atoms with E-state index in [-0.39, 0.29) is 6.54 Å². The number of nitrogen functional groups attached to an aromatic ring is 1. The molecule has 0 aliphatic rings. The lowest BCUT2D eigenvalue weighted by molar-refractivity contribution is 0.585. The third-order valence-corrected chi connectivity index (χ3v) is 2.89. The van der Waals surface area contributed by atoms with Gasteiger partial charge in [0.25, 0.3) is 0 Å². The summed E-state index contributed by atoms with van der Waals surface area (Å²) in [7, 11) is -3.51. The van der Waals surface area contributed by atoms with E-state index < -0.39 is 15.8 Å². The van der Waals surface area contributed by atoms with E-state index in [1.54, 1.807) is 30.3 Å². The average Bonchev–Trinajstić information content (AvgIpc) is 2.16. The maximum absolute atomic E-state index is 11.1. The molecule has 15 heavy (non-hydrogen) atoms. The molecule has 80 valence electrons. The quantitative estimate of drug-likeness (QED) is 0.716. The highest BCUT2D eigenvalue weighted by molar-refractivity contribution is 7.89. The van der Waals surface area contributed by atoms with Crippen LogP contribution in [-0.4, -0.2) is 14.2 Å². The minimum Gasteiger partial charge on any atom is -0.398 e. The SMILES string of the molecule is N#CCS(=O)(=O)NCc1ccccc1N. The lowest BCUT2D eigenvalue weighted by Gasteiger charge is -2.05. The number of hydrogen-bond acceptors (Lipinski definition) is 4. The van der Waals surface area contributed by atoms with Gasteiger partial charge in [-0.1, -0.05) is 18.2 Å². The first-order valence-corrected chi connectivity index (χ1v) is 5.88. The van der Waals surface area contributed by atoms with Gasteiger partial charge in [0.2, 0.25) is 10.0 Å². The van der Waals surface area contributed by atoms with Gasteiger partial charge in [0, 0.05) is 12.2 Å². The van der Waals surface area contributed by atoms with Crippen LogP contribution in [0.3, 0.4) is 0 Å². The molecule has 0 aromatic heterocycles. The van der Waals surface area contributed by atoms with E-state index in [0.717, 1.165) is 0 Å². The molecule has 1 aromatic rings. The molecule has 0 heterocycles. The van der Waals surface area contributed by atoms with Crippen LogP contribution < -0.4 is 10.5 Å². The van der Waals surface area contributed by atoms with Gasteiger partial charge in [0.1, 0.15) is 0 Å². The Labute approximate surface area is 88.6 Å². The van der Waals surface area contributed by atoms with Crippen molar-refractivity contribution in [3.8, 4) is 6.07 Å². The highest BCUT2D eigenvalue weighted by Gasteiger charge is 2.09. The number of nitriles is 1. The Balaban J connectivity index is 2.67. The predicted octanol–water partition coefficient (Wildman–Crippen LogP) is 0.212. The number of rotatable bonds is 4. The molecule has 0 unspecified atom stereocenters. The van der Waals surface area contributed by atoms with Crippen LogP contribution in [0, 0.1) is 11.3 Å². The molecule has 0 atom stereocenters. The number of sulfonamides is 1. The summed E-state index contributed by atoms with van der Waals surface area (Å²) in [6.45, 7) is 0.108. The Kier molecular flexibility index (Phi) is 3.66. The summed E-state index contributed by atoms with van der Waals surface area (Å²) in [6.07, 6.45) is 0. The van der Waals surface area contributed by atoms with Crippen molar-refractivity contribution in [2.24, 2.45) is 0 Å². The largest absolute Gasteiger partial charge is 0.398 e. The van der Waals surface area contributed by atoms with Crippen molar-refractivity contribution >= 4 is 15.7 Å². The number of anilines is 1. The molecule has 0 amide bonds. The van der Waals surface area contributed by atoms with Crippen molar-refractivity contribution in [2.75, 3.05) is 11.5 Å². The van der Waals surface area contributed by atoms with E-state index in [4.69, 9.17) is 11.0 Å². The van der Waals surface area contributed by atoms with E-state index in [1.807, 2.05) is 0 Å². The van der Waals surface area contributed by atoms with Gasteiger partial charge in [-0.15, -0.1) is 0 Å². The first-order chi connectivity index (χ1) is 7.05. The Hall–Kier alpha value is -1.58. The van der Waals surface area contributed by atoms with Crippen LogP contribution >= 0.6 is 0 Å². The van der Waals surface area contributed by atoms with Crippen LogP contribution in [0.1, 0.15) is 5.56 Å². The fraction of sp³-hybridized carbons (Fsp3) is 0.222. The normalized spacial score (nSPS) is 10.9. The van der Waals surface area contributed by atoms with Crippen molar-refractivity contribution in [3.63, 3.8) is 0 Å². The fourth-order valence-electron chi connectivity index (χ4n) is 1.02.